The Morgan fingerprint density at radius 2 is 1.68 bits per heavy atom. The van der Waals surface area contributed by atoms with Crippen LogP contribution in [0.15, 0.2) is 12.2 Å². The first kappa shape index (κ1) is 15.2. The SMILES string of the molecule is CC12C=CC(O)CC1CCC1C2CCC2(C)C1CCC2(C)O. The summed E-state index contributed by atoms with van der Waals surface area (Å²) in [6.07, 6.45) is 12.3. The molecule has 22 heavy (non-hydrogen) atoms. The molecular weight excluding hydrogens is 272 g/mol. The molecule has 0 aromatic rings. The second-order valence-electron chi connectivity index (χ2n) is 9.45. The zero-order valence-corrected chi connectivity index (χ0v) is 14.4. The van der Waals surface area contributed by atoms with Gasteiger partial charge in [-0.05, 0) is 86.4 Å². The van der Waals surface area contributed by atoms with E-state index in [-0.39, 0.29) is 16.9 Å². The van der Waals surface area contributed by atoms with E-state index >= 15 is 0 Å². The number of allylic oxidation sites excluding steroid dienone is 1. The summed E-state index contributed by atoms with van der Waals surface area (Å²) in [5.41, 5.74) is -0.0772. The number of aliphatic hydroxyl groups excluding tert-OH is 1. The zero-order chi connectivity index (χ0) is 15.8. The molecule has 8 atom stereocenters. The van der Waals surface area contributed by atoms with Crippen molar-refractivity contribution in [3.8, 4) is 0 Å². The van der Waals surface area contributed by atoms with Gasteiger partial charge >= 0.3 is 0 Å². The van der Waals surface area contributed by atoms with Crippen LogP contribution in [0, 0.1) is 34.5 Å². The van der Waals surface area contributed by atoms with E-state index in [9.17, 15) is 10.2 Å². The second-order valence-corrected chi connectivity index (χ2v) is 9.45. The normalized spacial score (nSPS) is 60.5. The third-order valence-electron chi connectivity index (χ3n) is 8.73. The third-order valence-corrected chi connectivity index (χ3v) is 8.73. The monoisotopic (exact) mass is 304 g/mol. The molecule has 2 heteroatoms. The predicted octanol–water partition coefficient (Wildman–Crippen LogP) is 3.92. The van der Waals surface area contributed by atoms with Gasteiger partial charge in [0.2, 0.25) is 0 Å². The maximum absolute atomic E-state index is 10.9. The minimum absolute atomic E-state index is 0.120. The van der Waals surface area contributed by atoms with Crippen molar-refractivity contribution in [1.82, 2.24) is 0 Å². The number of hydrogen-bond donors (Lipinski definition) is 2. The number of aliphatic hydroxyl groups is 2. The van der Waals surface area contributed by atoms with Gasteiger partial charge in [0.15, 0.2) is 0 Å². The average molecular weight is 304 g/mol. The molecule has 2 nitrogen and oxygen atoms in total. The van der Waals surface area contributed by atoms with Crippen LogP contribution in [0.4, 0.5) is 0 Å². The van der Waals surface area contributed by atoms with Crippen molar-refractivity contribution in [2.45, 2.75) is 77.4 Å². The molecule has 8 unspecified atom stereocenters. The molecule has 4 aliphatic carbocycles. The van der Waals surface area contributed by atoms with E-state index in [2.05, 4.69) is 32.9 Å². The molecule has 3 fully saturated rings. The van der Waals surface area contributed by atoms with Crippen molar-refractivity contribution >= 4 is 0 Å². The molecule has 3 saturated carbocycles. The standard InChI is InChI=1S/C20H32O2/c1-18-9-6-14(21)12-13(18)4-5-15-16(18)7-10-19(2)17(15)8-11-20(19,3)22/h6,9,13-17,21-22H,4-5,7-8,10-12H2,1-3H3. The van der Waals surface area contributed by atoms with E-state index in [0.717, 1.165) is 24.7 Å². The van der Waals surface area contributed by atoms with Gasteiger partial charge in [-0.15, -0.1) is 0 Å². The predicted molar refractivity (Wildman–Crippen MR) is 88.3 cm³/mol. The Kier molecular flexibility index (Phi) is 3.18. The molecule has 0 spiro atoms. The molecule has 0 saturated heterocycles. The van der Waals surface area contributed by atoms with Gasteiger partial charge in [-0.1, -0.05) is 26.0 Å². The lowest BCUT2D eigenvalue weighted by atomic mass is 9.45. The van der Waals surface area contributed by atoms with Gasteiger partial charge in [0.1, 0.15) is 0 Å². The molecule has 4 rings (SSSR count). The van der Waals surface area contributed by atoms with E-state index in [4.69, 9.17) is 0 Å². The van der Waals surface area contributed by atoms with Crippen molar-refractivity contribution < 1.29 is 10.2 Å². The second kappa shape index (κ2) is 4.60. The van der Waals surface area contributed by atoms with Crippen LogP contribution in [0.25, 0.3) is 0 Å². The van der Waals surface area contributed by atoms with Crippen LogP contribution in [0.2, 0.25) is 0 Å². The van der Waals surface area contributed by atoms with Gasteiger partial charge < -0.3 is 10.2 Å². The molecule has 4 aliphatic rings. The maximum Gasteiger partial charge on any atom is 0.0724 e. The molecule has 0 aromatic heterocycles. The summed E-state index contributed by atoms with van der Waals surface area (Å²) in [5, 5.41) is 20.9. The maximum atomic E-state index is 10.9. The Balaban J connectivity index is 1.68. The number of fused-ring (bicyclic) bond motifs is 5. The van der Waals surface area contributed by atoms with Gasteiger partial charge in [-0.2, -0.15) is 0 Å². The summed E-state index contributed by atoms with van der Waals surface area (Å²) in [5.74, 6) is 2.87. The van der Waals surface area contributed by atoms with Crippen LogP contribution in [-0.4, -0.2) is 21.9 Å². The summed E-state index contributed by atoms with van der Waals surface area (Å²) in [4.78, 5) is 0. The molecule has 0 aromatic carbocycles. The highest BCUT2D eigenvalue weighted by atomic mass is 16.3. The van der Waals surface area contributed by atoms with Crippen LogP contribution in [-0.2, 0) is 0 Å². The fourth-order valence-corrected chi connectivity index (χ4v) is 7.03. The van der Waals surface area contributed by atoms with Crippen molar-refractivity contribution in [3.63, 3.8) is 0 Å². The van der Waals surface area contributed by atoms with E-state index in [1.165, 1.54) is 32.1 Å². The molecule has 124 valence electrons. The molecule has 2 N–H and O–H groups in total. The largest absolute Gasteiger partial charge is 0.390 e. The fraction of sp³-hybridized carbons (Fsp3) is 0.900. The molecule has 0 bridgehead atoms. The average Bonchev–Trinajstić information content (AvgIpc) is 2.70. The van der Waals surface area contributed by atoms with Gasteiger partial charge in [0.05, 0.1) is 11.7 Å². The van der Waals surface area contributed by atoms with E-state index < -0.39 is 5.60 Å². The summed E-state index contributed by atoms with van der Waals surface area (Å²) in [7, 11) is 0. The lowest BCUT2D eigenvalue weighted by Gasteiger charge is -2.60. The third kappa shape index (κ3) is 1.80. The molecular formula is C20H32O2. The van der Waals surface area contributed by atoms with E-state index in [1.807, 2.05) is 0 Å². The van der Waals surface area contributed by atoms with Crippen LogP contribution >= 0.6 is 0 Å². The fourth-order valence-electron chi connectivity index (χ4n) is 7.03. The highest BCUT2D eigenvalue weighted by Gasteiger charge is 2.62. The molecule has 0 heterocycles. The smallest absolute Gasteiger partial charge is 0.0724 e. The number of hydrogen-bond acceptors (Lipinski definition) is 2. The Labute approximate surface area is 135 Å². The van der Waals surface area contributed by atoms with Crippen molar-refractivity contribution in [3.05, 3.63) is 12.2 Å². The van der Waals surface area contributed by atoms with E-state index in [1.54, 1.807) is 0 Å². The van der Waals surface area contributed by atoms with Crippen molar-refractivity contribution in [2.75, 3.05) is 0 Å². The summed E-state index contributed by atoms with van der Waals surface area (Å²) in [6, 6.07) is 0. The van der Waals surface area contributed by atoms with Crippen LogP contribution in [0.1, 0.15) is 65.7 Å². The Morgan fingerprint density at radius 3 is 2.45 bits per heavy atom. The molecule has 0 amide bonds. The van der Waals surface area contributed by atoms with Gasteiger partial charge in [-0.25, -0.2) is 0 Å². The highest BCUT2D eigenvalue weighted by Crippen LogP contribution is 2.67. The lowest BCUT2D eigenvalue weighted by Crippen LogP contribution is -2.55. The molecule has 0 radical (unpaired) electrons. The zero-order valence-electron chi connectivity index (χ0n) is 14.4. The molecule has 0 aliphatic heterocycles. The Bertz CT molecular complexity index is 496. The van der Waals surface area contributed by atoms with Crippen LogP contribution in [0.3, 0.4) is 0 Å². The minimum Gasteiger partial charge on any atom is -0.390 e. The minimum atomic E-state index is -0.473. The number of rotatable bonds is 0. The van der Waals surface area contributed by atoms with Gasteiger partial charge in [0, 0.05) is 0 Å². The van der Waals surface area contributed by atoms with Gasteiger partial charge in [0.25, 0.3) is 0 Å². The van der Waals surface area contributed by atoms with Crippen LogP contribution < -0.4 is 0 Å². The lowest BCUT2D eigenvalue weighted by molar-refractivity contribution is -0.131. The quantitative estimate of drug-likeness (QED) is 0.666. The van der Waals surface area contributed by atoms with E-state index in [0.29, 0.717) is 11.8 Å². The Morgan fingerprint density at radius 1 is 0.955 bits per heavy atom. The summed E-state index contributed by atoms with van der Waals surface area (Å²) >= 11 is 0. The van der Waals surface area contributed by atoms with Gasteiger partial charge in [-0.3, -0.25) is 0 Å². The summed E-state index contributed by atoms with van der Waals surface area (Å²) in [6.45, 7) is 6.89. The van der Waals surface area contributed by atoms with Crippen molar-refractivity contribution in [1.29, 1.82) is 0 Å². The Hall–Kier alpha value is -0.340. The first-order valence-electron chi connectivity index (χ1n) is 9.38. The van der Waals surface area contributed by atoms with Crippen LogP contribution in [0.5, 0.6) is 0 Å². The summed E-state index contributed by atoms with van der Waals surface area (Å²) < 4.78 is 0. The first-order chi connectivity index (χ1) is 10.3. The van der Waals surface area contributed by atoms with Crippen molar-refractivity contribution in [2.24, 2.45) is 34.5 Å². The first-order valence-corrected chi connectivity index (χ1v) is 9.38. The highest BCUT2D eigenvalue weighted by molar-refractivity contribution is 5.18. The topological polar surface area (TPSA) is 40.5 Å².